The van der Waals surface area contributed by atoms with Gasteiger partial charge in [-0.05, 0) is 43.4 Å². The van der Waals surface area contributed by atoms with E-state index in [2.05, 4.69) is 0 Å². The van der Waals surface area contributed by atoms with Crippen molar-refractivity contribution >= 4 is 29.6 Å². The van der Waals surface area contributed by atoms with Crippen LogP contribution in [0.4, 0.5) is 0 Å². The second kappa shape index (κ2) is 7.16. The number of hydroxylamine groups is 2. The SMILES string of the molecule is O=CN(O)Cc1cc(Cl)c(OC2CCCCC2)c(Cl)c1. The molecule has 1 amide bonds. The van der Waals surface area contributed by atoms with Crippen LogP contribution in [-0.2, 0) is 11.3 Å². The van der Waals surface area contributed by atoms with Crippen molar-refractivity contribution in [2.24, 2.45) is 0 Å². The van der Waals surface area contributed by atoms with E-state index < -0.39 is 0 Å². The Morgan fingerprint density at radius 3 is 2.40 bits per heavy atom. The van der Waals surface area contributed by atoms with Crippen molar-refractivity contribution in [2.45, 2.75) is 44.8 Å². The van der Waals surface area contributed by atoms with Crippen LogP contribution >= 0.6 is 23.2 Å². The van der Waals surface area contributed by atoms with E-state index in [1.165, 1.54) is 6.42 Å². The standard InChI is InChI=1S/C14H17Cl2NO3/c15-12-6-10(8-17(19)9-18)7-13(16)14(12)20-11-4-2-1-3-5-11/h6-7,9,11,19H,1-5,8H2. The summed E-state index contributed by atoms with van der Waals surface area (Å²) >= 11 is 12.4. The molecule has 1 fully saturated rings. The summed E-state index contributed by atoms with van der Waals surface area (Å²) in [5.74, 6) is 0.486. The molecule has 1 aliphatic carbocycles. The fourth-order valence-corrected chi connectivity index (χ4v) is 3.01. The first-order valence-corrected chi connectivity index (χ1v) is 7.41. The van der Waals surface area contributed by atoms with E-state index >= 15 is 0 Å². The topological polar surface area (TPSA) is 49.8 Å². The van der Waals surface area contributed by atoms with Crippen LogP contribution in [-0.4, -0.2) is 22.8 Å². The molecule has 0 aromatic heterocycles. The first-order chi connectivity index (χ1) is 9.60. The number of ether oxygens (including phenoxy) is 1. The molecule has 110 valence electrons. The quantitative estimate of drug-likeness (QED) is 0.506. The van der Waals surface area contributed by atoms with Crippen LogP contribution in [0.3, 0.4) is 0 Å². The van der Waals surface area contributed by atoms with Crippen LogP contribution in [0.15, 0.2) is 12.1 Å². The molecule has 1 aromatic carbocycles. The summed E-state index contributed by atoms with van der Waals surface area (Å²) in [6.07, 6.45) is 6.10. The molecule has 0 unspecified atom stereocenters. The molecule has 0 bridgehead atoms. The minimum absolute atomic E-state index is 0.0344. The third-order valence-electron chi connectivity index (χ3n) is 3.36. The minimum atomic E-state index is 0.0344. The molecule has 6 heteroatoms. The fraction of sp³-hybridized carbons (Fsp3) is 0.500. The minimum Gasteiger partial charge on any atom is -0.487 e. The molecule has 0 heterocycles. The Balaban J connectivity index is 2.11. The number of halogens is 2. The zero-order chi connectivity index (χ0) is 14.5. The third-order valence-corrected chi connectivity index (χ3v) is 3.92. The van der Waals surface area contributed by atoms with Gasteiger partial charge >= 0.3 is 0 Å². The molecular weight excluding hydrogens is 301 g/mol. The number of benzene rings is 1. The third kappa shape index (κ3) is 4.01. The fourth-order valence-electron chi connectivity index (χ4n) is 2.39. The van der Waals surface area contributed by atoms with Gasteiger partial charge in [-0.1, -0.05) is 29.6 Å². The number of nitrogens with zero attached hydrogens (tertiary/aromatic N) is 1. The summed E-state index contributed by atoms with van der Waals surface area (Å²) < 4.78 is 5.89. The lowest BCUT2D eigenvalue weighted by Gasteiger charge is -2.24. The van der Waals surface area contributed by atoms with Crippen LogP contribution in [0.2, 0.25) is 10.0 Å². The van der Waals surface area contributed by atoms with Gasteiger partial charge in [0.15, 0.2) is 5.75 Å². The zero-order valence-electron chi connectivity index (χ0n) is 11.0. The zero-order valence-corrected chi connectivity index (χ0v) is 12.5. The second-order valence-corrected chi connectivity index (χ2v) is 5.78. The number of rotatable bonds is 5. The average molecular weight is 318 g/mol. The van der Waals surface area contributed by atoms with Gasteiger partial charge in [0.25, 0.3) is 0 Å². The van der Waals surface area contributed by atoms with E-state index in [-0.39, 0.29) is 12.6 Å². The summed E-state index contributed by atoms with van der Waals surface area (Å²) in [5.41, 5.74) is 0.644. The summed E-state index contributed by atoms with van der Waals surface area (Å²) in [6, 6.07) is 3.30. The summed E-state index contributed by atoms with van der Waals surface area (Å²) in [6.45, 7) is 0.0344. The molecule has 1 aliphatic rings. The van der Waals surface area contributed by atoms with E-state index in [1.807, 2.05) is 0 Å². The van der Waals surface area contributed by atoms with E-state index in [4.69, 9.17) is 27.9 Å². The number of hydrogen-bond acceptors (Lipinski definition) is 3. The second-order valence-electron chi connectivity index (χ2n) is 4.97. The van der Waals surface area contributed by atoms with Crippen LogP contribution in [0.1, 0.15) is 37.7 Å². The Morgan fingerprint density at radius 1 is 1.25 bits per heavy atom. The lowest BCUT2D eigenvalue weighted by atomic mass is 9.98. The summed E-state index contributed by atoms with van der Waals surface area (Å²) in [7, 11) is 0. The van der Waals surface area contributed by atoms with Crippen molar-refractivity contribution < 1.29 is 14.7 Å². The predicted molar refractivity (Wildman–Crippen MR) is 77.4 cm³/mol. The molecule has 0 spiro atoms. The smallest absolute Gasteiger partial charge is 0.233 e. The Hall–Kier alpha value is -0.970. The molecule has 2 rings (SSSR count). The molecule has 1 saturated carbocycles. The van der Waals surface area contributed by atoms with E-state index in [0.717, 1.165) is 25.7 Å². The first kappa shape index (κ1) is 15.4. The van der Waals surface area contributed by atoms with Crippen LogP contribution < -0.4 is 4.74 Å². The summed E-state index contributed by atoms with van der Waals surface area (Å²) in [5, 5.41) is 10.5. The molecular formula is C14H17Cl2NO3. The maximum absolute atomic E-state index is 10.4. The molecule has 0 saturated heterocycles. The van der Waals surface area contributed by atoms with Gasteiger partial charge in [-0.25, -0.2) is 5.06 Å². The van der Waals surface area contributed by atoms with E-state index in [9.17, 15) is 10.0 Å². The number of carbonyl (C=O) groups is 1. The van der Waals surface area contributed by atoms with Crippen molar-refractivity contribution in [3.05, 3.63) is 27.7 Å². The predicted octanol–water partition coefficient (Wildman–Crippen LogP) is 4.05. The highest BCUT2D eigenvalue weighted by Crippen LogP contribution is 2.36. The first-order valence-electron chi connectivity index (χ1n) is 6.65. The average Bonchev–Trinajstić information content (AvgIpc) is 2.44. The van der Waals surface area contributed by atoms with Gasteiger partial charge in [0.05, 0.1) is 22.7 Å². The molecule has 0 atom stereocenters. The Kier molecular flexibility index (Phi) is 5.52. The lowest BCUT2D eigenvalue weighted by molar-refractivity contribution is -0.152. The molecule has 0 radical (unpaired) electrons. The maximum atomic E-state index is 10.4. The highest BCUT2D eigenvalue weighted by molar-refractivity contribution is 6.37. The van der Waals surface area contributed by atoms with E-state index in [1.54, 1.807) is 12.1 Å². The van der Waals surface area contributed by atoms with Gasteiger partial charge in [0, 0.05) is 0 Å². The van der Waals surface area contributed by atoms with E-state index in [0.29, 0.717) is 32.8 Å². The number of carbonyl (C=O) groups excluding carboxylic acids is 1. The van der Waals surface area contributed by atoms with Crippen molar-refractivity contribution in [3.63, 3.8) is 0 Å². The van der Waals surface area contributed by atoms with Gasteiger partial charge in [-0.15, -0.1) is 0 Å². The molecule has 0 aliphatic heterocycles. The van der Waals surface area contributed by atoms with Crippen molar-refractivity contribution in [2.75, 3.05) is 0 Å². The van der Waals surface area contributed by atoms with Crippen molar-refractivity contribution in [1.82, 2.24) is 5.06 Å². The highest BCUT2D eigenvalue weighted by atomic mass is 35.5. The van der Waals surface area contributed by atoms with Gasteiger partial charge < -0.3 is 4.74 Å². The van der Waals surface area contributed by atoms with Gasteiger partial charge in [-0.2, -0.15) is 0 Å². The number of hydrogen-bond donors (Lipinski definition) is 1. The highest BCUT2D eigenvalue weighted by Gasteiger charge is 2.19. The normalized spacial score (nSPS) is 15.9. The van der Waals surface area contributed by atoms with Gasteiger partial charge in [0.2, 0.25) is 6.41 Å². The summed E-state index contributed by atoms with van der Waals surface area (Å²) in [4.78, 5) is 10.4. The Labute approximate surface area is 128 Å². The van der Waals surface area contributed by atoms with Crippen LogP contribution in [0.5, 0.6) is 5.75 Å². The van der Waals surface area contributed by atoms with Crippen LogP contribution in [0, 0.1) is 0 Å². The van der Waals surface area contributed by atoms with Gasteiger partial charge in [0.1, 0.15) is 0 Å². The molecule has 4 nitrogen and oxygen atoms in total. The maximum Gasteiger partial charge on any atom is 0.233 e. The molecule has 1 N–H and O–H groups in total. The largest absolute Gasteiger partial charge is 0.487 e. The number of amides is 1. The van der Waals surface area contributed by atoms with Crippen molar-refractivity contribution in [3.8, 4) is 5.75 Å². The van der Waals surface area contributed by atoms with Crippen molar-refractivity contribution in [1.29, 1.82) is 0 Å². The molecule has 1 aromatic rings. The van der Waals surface area contributed by atoms with Gasteiger partial charge in [-0.3, -0.25) is 10.0 Å². The molecule has 20 heavy (non-hydrogen) atoms. The lowest BCUT2D eigenvalue weighted by Crippen LogP contribution is -2.20. The van der Waals surface area contributed by atoms with Crippen LogP contribution in [0.25, 0.3) is 0 Å². The monoisotopic (exact) mass is 317 g/mol. The Bertz CT molecular complexity index is 452. The Morgan fingerprint density at radius 2 is 1.85 bits per heavy atom.